The molecule has 2 aliphatic rings. The maximum absolute atomic E-state index is 13.2. The summed E-state index contributed by atoms with van der Waals surface area (Å²) < 4.78 is 57.0. The van der Waals surface area contributed by atoms with Crippen LogP contribution in [0.1, 0.15) is 19.3 Å². The average Bonchev–Trinajstić information content (AvgIpc) is 3.05. The normalized spacial score (nSPS) is 26.3. The van der Waals surface area contributed by atoms with Crippen molar-refractivity contribution in [2.45, 2.75) is 36.4 Å². The fourth-order valence-corrected chi connectivity index (χ4v) is 5.20. The first-order chi connectivity index (χ1) is 14.0. The van der Waals surface area contributed by atoms with E-state index >= 15 is 0 Å². The number of hydrogen-bond acceptors (Lipinski definition) is 7. The van der Waals surface area contributed by atoms with Crippen molar-refractivity contribution in [2.75, 3.05) is 18.4 Å². The van der Waals surface area contributed by atoms with Gasteiger partial charge in [0.25, 0.3) is 0 Å². The highest BCUT2D eigenvalue weighted by molar-refractivity contribution is 7.93. The quantitative estimate of drug-likeness (QED) is 0.613. The van der Waals surface area contributed by atoms with Gasteiger partial charge in [0, 0.05) is 6.42 Å². The van der Waals surface area contributed by atoms with E-state index in [9.17, 15) is 27.5 Å². The molecule has 12 heteroatoms. The molecular formula is C18H19ClFNO8S. The van der Waals surface area contributed by atoms with Gasteiger partial charge in [0.15, 0.2) is 5.79 Å². The molecule has 30 heavy (non-hydrogen) atoms. The Morgan fingerprint density at radius 3 is 2.80 bits per heavy atom. The van der Waals surface area contributed by atoms with Crippen LogP contribution in [0.25, 0.3) is 0 Å². The lowest BCUT2D eigenvalue weighted by molar-refractivity contribution is -0.153. The molecule has 2 unspecified atom stereocenters. The maximum Gasteiger partial charge on any atom is 0.332 e. The molecule has 0 radical (unpaired) electrons. The molecule has 0 amide bonds. The minimum Gasteiger partial charge on any atom is -0.478 e. The van der Waals surface area contributed by atoms with Crippen LogP contribution in [0.15, 0.2) is 29.8 Å². The van der Waals surface area contributed by atoms with Gasteiger partial charge in [-0.05, 0) is 30.7 Å². The fraction of sp³-hybridized carbons (Fsp3) is 0.444. The molecule has 0 aromatic heterocycles. The van der Waals surface area contributed by atoms with Gasteiger partial charge in [-0.1, -0.05) is 11.6 Å². The van der Waals surface area contributed by atoms with Crippen LogP contribution in [0.2, 0.25) is 5.02 Å². The molecule has 1 heterocycles. The summed E-state index contributed by atoms with van der Waals surface area (Å²) in [7, 11) is -3.01. The Morgan fingerprint density at radius 2 is 2.17 bits per heavy atom. The number of rotatable bonds is 6. The summed E-state index contributed by atoms with van der Waals surface area (Å²) in [6.07, 6.45) is 0.308. The van der Waals surface area contributed by atoms with Crippen molar-refractivity contribution in [1.82, 2.24) is 0 Å². The zero-order chi connectivity index (χ0) is 22.1. The number of carboxylic acid groups (broad SMARTS) is 1. The summed E-state index contributed by atoms with van der Waals surface area (Å²) in [5.74, 6) is -4.06. The van der Waals surface area contributed by atoms with E-state index in [0.29, 0.717) is 0 Å². The number of benzene rings is 1. The Kier molecular flexibility index (Phi) is 6.37. The highest BCUT2D eigenvalue weighted by Crippen LogP contribution is 2.40. The SMILES string of the molecule is COC(=O)C[C@H]1COC2(C=C(C(=O)O)C(S(=O)(=O)Nc3ccc(F)cc3Cl)CC2)O1. The van der Waals surface area contributed by atoms with Crippen LogP contribution >= 0.6 is 11.6 Å². The van der Waals surface area contributed by atoms with Gasteiger partial charge in [0.05, 0.1) is 42.5 Å². The molecule has 1 spiro atoms. The van der Waals surface area contributed by atoms with Gasteiger partial charge in [-0.15, -0.1) is 0 Å². The topological polar surface area (TPSA) is 128 Å². The molecule has 1 aromatic carbocycles. The predicted octanol–water partition coefficient (Wildman–Crippen LogP) is 2.07. The number of aliphatic carboxylic acids is 1. The fourth-order valence-electron chi connectivity index (χ4n) is 3.37. The summed E-state index contributed by atoms with van der Waals surface area (Å²) in [5, 5.41) is 8.01. The average molecular weight is 464 g/mol. The third-order valence-electron chi connectivity index (χ3n) is 4.78. The lowest BCUT2D eigenvalue weighted by atomic mass is 9.94. The number of carbonyl (C=O) groups is 2. The molecule has 0 saturated carbocycles. The predicted molar refractivity (Wildman–Crippen MR) is 103 cm³/mol. The molecule has 2 N–H and O–H groups in total. The Labute approximate surface area is 176 Å². The zero-order valence-electron chi connectivity index (χ0n) is 15.8. The number of nitrogens with one attached hydrogen (secondary N) is 1. The van der Waals surface area contributed by atoms with E-state index < -0.39 is 50.5 Å². The second-order valence-corrected chi connectivity index (χ2v) is 9.12. The van der Waals surface area contributed by atoms with Gasteiger partial charge in [-0.3, -0.25) is 9.52 Å². The lowest BCUT2D eigenvalue weighted by Gasteiger charge is -2.33. The number of halogens is 2. The van der Waals surface area contributed by atoms with E-state index in [0.717, 1.165) is 24.3 Å². The summed E-state index contributed by atoms with van der Waals surface area (Å²) in [6.45, 7) is 0.0271. The number of esters is 1. The second-order valence-electron chi connectivity index (χ2n) is 6.85. The van der Waals surface area contributed by atoms with Crippen LogP contribution in [0.4, 0.5) is 10.1 Å². The van der Waals surface area contributed by atoms with E-state index in [1.54, 1.807) is 0 Å². The number of carboxylic acids is 1. The Bertz CT molecular complexity index is 998. The number of anilines is 1. The van der Waals surface area contributed by atoms with E-state index in [4.69, 9.17) is 21.1 Å². The van der Waals surface area contributed by atoms with E-state index in [2.05, 4.69) is 9.46 Å². The number of ether oxygens (including phenoxy) is 3. The van der Waals surface area contributed by atoms with Gasteiger partial charge in [-0.25, -0.2) is 17.6 Å². The molecule has 9 nitrogen and oxygen atoms in total. The monoisotopic (exact) mass is 463 g/mol. The van der Waals surface area contributed by atoms with Crippen LogP contribution < -0.4 is 4.72 Å². The molecule has 1 fully saturated rings. The van der Waals surface area contributed by atoms with Crippen LogP contribution in [0.3, 0.4) is 0 Å². The highest BCUT2D eigenvalue weighted by atomic mass is 35.5. The first kappa shape index (κ1) is 22.5. The van der Waals surface area contributed by atoms with Gasteiger partial charge >= 0.3 is 11.9 Å². The van der Waals surface area contributed by atoms with Crippen molar-refractivity contribution in [3.8, 4) is 0 Å². The van der Waals surface area contributed by atoms with E-state index in [-0.39, 0.29) is 36.6 Å². The molecule has 1 aliphatic carbocycles. The van der Waals surface area contributed by atoms with Crippen molar-refractivity contribution < 1.29 is 41.7 Å². The molecule has 0 bridgehead atoms. The van der Waals surface area contributed by atoms with E-state index in [1.807, 2.05) is 0 Å². The summed E-state index contributed by atoms with van der Waals surface area (Å²) >= 11 is 5.87. The Morgan fingerprint density at radius 1 is 1.43 bits per heavy atom. The molecule has 1 saturated heterocycles. The molecular weight excluding hydrogens is 445 g/mol. The van der Waals surface area contributed by atoms with Gasteiger partial charge < -0.3 is 19.3 Å². The number of hydrogen-bond donors (Lipinski definition) is 2. The number of sulfonamides is 1. The third-order valence-corrected chi connectivity index (χ3v) is 6.84. The van der Waals surface area contributed by atoms with Crippen molar-refractivity contribution in [3.05, 3.63) is 40.7 Å². The summed E-state index contributed by atoms with van der Waals surface area (Å²) in [4.78, 5) is 23.2. The molecule has 1 aromatic rings. The Balaban J connectivity index is 1.84. The van der Waals surface area contributed by atoms with Gasteiger partial charge in [0.2, 0.25) is 10.0 Å². The minimum absolute atomic E-state index is 0.0271. The van der Waals surface area contributed by atoms with E-state index in [1.165, 1.54) is 7.11 Å². The van der Waals surface area contributed by atoms with Crippen molar-refractivity contribution >= 4 is 39.3 Å². The molecule has 164 valence electrons. The largest absolute Gasteiger partial charge is 0.478 e. The smallest absolute Gasteiger partial charge is 0.332 e. The highest BCUT2D eigenvalue weighted by Gasteiger charge is 2.48. The lowest BCUT2D eigenvalue weighted by Crippen LogP contribution is -2.42. The molecule has 3 rings (SSSR count). The summed E-state index contributed by atoms with van der Waals surface area (Å²) in [6, 6.07) is 3.10. The zero-order valence-corrected chi connectivity index (χ0v) is 17.3. The van der Waals surface area contributed by atoms with Crippen LogP contribution in [0.5, 0.6) is 0 Å². The first-order valence-electron chi connectivity index (χ1n) is 8.86. The van der Waals surface area contributed by atoms with Crippen LogP contribution in [-0.2, 0) is 33.8 Å². The molecule has 3 atom stereocenters. The standard InChI is InChI=1S/C18H19ClFNO8S/c1-27-16(22)7-11-9-28-18(29-11)5-4-15(12(8-18)17(23)24)30(25,26)21-14-3-2-10(20)6-13(14)19/h2-3,6,8,11,15,21H,4-5,7,9H2,1H3,(H,23,24)/t11-,15?,18?/m0/s1. The summed E-state index contributed by atoms with van der Waals surface area (Å²) in [5.41, 5.74) is -0.514. The third kappa shape index (κ3) is 4.75. The van der Waals surface area contributed by atoms with Crippen molar-refractivity contribution in [3.63, 3.8) is 0 Å². The number of carbonyl (C=O) groups excluding carboxylic acids is 1. The van der Waals surface area contributed by atoms with Crippen molar-refractivity contribution in [1.29, 1.82) is 0 Å². The minimum atomic E-state index is -4.24. The van der Waals surface area contributed by atoms with Crippen LogP contribution in [0, 0.1) is 5.82 Å². The second kappa shape index (κ2) is 8.50. The first-order valence-corrected chi connectivity index (χ1v) is 10.8. The van der Waals surface area contributed by atoms with Crippen molar-refractivity contribution in [2.24, 2.45) is 0 Å². The van der Waals surface area contributed by atoms with Gasteiger partial charge in [0.1, 0.15) is 11.1 Å². The Hall–Kier alpha value is -2.21. The van der Waals surface area contributed by atoms with Crippen LogP contribution in [-0.4, -0.2) is 56.3 Å². The molecule has 1 aliphatic heterocycles. The van der Waals surface area contributed by atoms with Gasteiger partial charge in [-0.2, -0.15) is 0 Å². The maximum atomic E-state index is 13.2. The number of methoxy groups -OCH3 is 1.